The lowest BCUT2D eigenvalue weighted by Crippen LogP contribution is -2.19. The van der Waals surface area contributed by atoms with Gasteiger partial charge in [-0.15, -0.1) is 0 Å². The maximum Gasteiger partial charge on any atom is 0.213 e. The molecule has 0 aliphatic carbocycles. The van der Waals surface area contributed by atoms with Crippen molar-refractivity contribution in [1.82, 2.24) is 10.3 Å². The van der Waals surface area contributed by atoms with E-state index in [0.29, 0.717) is 19.1 Å². The third-order valence-electron chi connectivity index (χ3n) is 2.26. The maximum atomic E-state index is 5.62. The Morgan fingerprint density at radius 2 is 2.18 bits per heavy atom. The van der Waals surface area contributed by atoms with Gasteiger partial charge in [-0.2, -0.15) is 0 Å². The average Bonchev–Trinajstić information content (AvgIpc) is 2.35. The monoisotopic (exact) mass is 238 g/mol. The first-order valence-electron chi connectivity index (χ1n) is 6.16. The molecular formula is C13H22N2O2. The average molecular weight is 238 g/mol. The van der Waals surface area contributed by atoms with Gasteiger partial charge in [0.05, 0.1) is 6.61 Å². The van der Waals surface area contributed by atoms with Crippen molar-refractivity contribution in [1.29, 1.82) is 0 Å². The molecule has 0 aliphatic rings. The van der Waals surface area contributed by atoms with Gasteiger partial charge in [-0.3, -0.25) is 0 Å². The third-order valence-corrected chi connectivity index (χ3v) is 2.26. The molecule has 1 rings (SSSR count). The Morgan fingerprint density at radius 3 is 2.76 bits per heavy atom. The Hall–Kier alpha value is -1.13. The molecule has 1 atom stereocenters. The molecule has 0 bridgehead atoms. The van der Waals surface area contributed by atoms with Crippen LogP contribution in [0.5, 0.6) is 5.88 Å². The fraction of sp³-hybridized carbons (Fsp3) is 0.615. The van der Waals surface area contributed by atoms with Gasteiger partial charge in [-0.25, -0.2) is 4.98 Å². The van der Waals surface area contributed by atoms with Crippen LogP contribution in [0.3, 0.4) is 0 Å². The van der Waals surface area contributed by atoms with Crippen LogP contribution in [-0.2, 0) is 11.3 Å². The van der Waals surface area contributed by atoms with Gasteiger partial charge in [0.15, 0.2) is 0 Å². The molecule has 0 fully saturated rings. The first kappa shape index (κ1) is 13.9. The second-order valence-corrected chi connectivity index (χ2v) is 3.87. The van der Waals surface area contributed by atoms with Crippen molar-refractivity contribution in [2.24, 2.45) is 0 Å². The highest BCUT2D eigenvalue weighted by Crippen LogP contribution is 2.09. The fourth-order valence-corrected chi connectivity index (χ4v) is 1.38. The second kappa shape index (κ2) is 8.03. The highest BCUT2D eigenvalue weighted by Gasteiger charge is 2.04. The summed E-state index contributed by atoms with van der Waals surface area (Å²) < 4.78 is 10.9. The number of aromatic nitrogens is 1. The van der Waals surface area contributed by atoms with E-state index in [-0.39, 0.29) is 6.10 Å². The van der Waals surface area contributed by atoms with Gasteiger partial charge in [0.25, 0.3) is 0 Å². The highest BCUT2D eigenvalue weighted by atomic mass is 16.5. The molecule has 1 unspecified atom stereocenters. The standard InChI is InChI=1S/C13H22N2O2/c1-4-14-8-12-6-7-13(15-9-12)17-11(3)10-16-5-2/h6-7,9,11,14H,4-5,8,10H2,1-3H3. The van der Waals surface area contributed by atoms with Crippen LogP contribution in [0, 0.1) is 0 Å². The van der Waals surface area contributed by atoms with Crippen LogP contribution in [0.4, 0.5) is 0 Å². The largest absolute Gasteiger partial charge is 0.472 e. The maximum absolute atomic E-state index is 5.62. The summed E-state index contributed by atoms with van der Waals surface area (Å²) in [6.07, 6.45) is 1.87. The van der Waals surface area contributed by atoms with Crippen LogP contribution in [0.1, 0.15) is 26.3 Å². The Bertz CT molecular complexity index is 301. The zero-order valence-electron chi connectivity index (χ0n) is 10.9. The minimum Gasteiger partial charge on any atom is -0.472 e. The SMILES string of the molecule is CCNCc1ccc(OC(C)COCC)nc1. The van der Waals surface area contributed by atoms with Crippen LogP contribution in [-0.4, -0.2) is 30.8 Å². The molecule has 0 saturated heterocycles. The molecule has 17 heavy (non-hydrogen) atoms. The smallest absolute Gasteiger partial charge is 0.213 e. The molecule has 0 saturated carbocycles. The minimum absolute atomic E-state index is 0.0297. The van der Waals surface area contributed by atoms with Crippen molar-refractivity contribution >= 4 is 0 Å². The third kappa shape index (κ3) is 5.65. The number of hydrogen-bond acceptors (Lipinski definition) is 4. The summed E-state index contributed by atoms with van der Waals surface area (Å²) in [6, 6.07) is 3.92. The van der Waals surface area contributed by atoms with Crippen molar-refractivity contribution < 1.29 is 9.47 Å². The summed E-state index contributed by atoms with van der Waals surface area (Å²) in [4.78, 5) is 4.26. The lowest BCUT2D eigenvalue weighted by Gasteiger charge is -2.13. The Morgan fingerprint density at radius 1 is 1.35 bits per heavy atom. The second-order valence-electron chi connectivity index (χ2n) is 3.87. The predicted molar refractivity (Wildman–Crippen MR) is 68.2 cm³/mol. The quantitative estimate of drug-likeness (QED) is 0.752. The van der Waals surface area contributed by atoms with Gasteiger partial charge in [0, 0.05) is 25.4 Å². The van der Waals surface area contributed by atoms with Crippen LogP contribution < -0.4 is 10.1 Å². The van der Waals surface area contributed by atoms with Crippen molar-refractivity contribution in [3.63, 3.8) is 0 Å². The van der Waals surface area contributed by atoms with E-state index < -0.39 is 0 Å². The summed E-state index contributed by atoms with van der Waals surface area (Å²) >= 11 is 0. The topological polar surface area (TPSA) is 43.4 Å². The lowest BCUT2D eigenvalue weighted by atomic mass is 10.3. The van der Waals surface area contributed by atoms with Gasteiger partial charge in [0.1, 0.15) is 6.10 Å². The molecule has 4 heteroatoms. The molecule has 96 valence electrons. The normalized spacial score (nSPS) is 12.4. The highest BCUT2D eigenvalue weighted by molar-refractivity contribution is 5.17. The van der Waals surface area contributed by atoms with Crippen molar-refractivity contribution in [2.75, 3.05) is 19.8 Å². The molecule has 0 spiro atoms. The van der Waals surface area contributed by atoms with E-state index in [1.807, 2.05) is 32.2 Å². The Labute approximate surface area is 103 Å². The number of pyridine rings is 1. The summed E-state index contributed by atoms with van der Waals surface area (Å²) in [5.41, 5.74) is 1.16. The molecule has 1 aromatic heterocycles. The van der Waals surface area contributed by atoms with E-state index in [9.17, 15) is 0 Å². The molecule has 1 heterocycles. The summed E-state index contributed by atoms with van der Waals surface area (Å²) in [5.74, 6) is 0.650. The van der Waals surface area contributed by atoms with Gasteiger partial charge < -0.3 is 14.8 Å². The predicted octanol–water partition coefficient (Wildman–Crippen LogP) is 1.99. The first-order valence-corrected chi connectivity index (χ1v) is 6.16. The van der Waals surface area contributed by atoms with E-state index in [0.717, 1.165) is 18.7 Å². The van der Waals surface area contributed by atoms with Gasteiger partial charge in [-0.1, -0.05) is 13.0 Å². The number of hydrogen-bond donors (Lipinski definition) is 1. The van der Waals surface area contributed by atoms with Crippen molar-refractivity contribution in [2.45, 2.75) is 33.4 Å². The van der Waals surface area contributed by atoms with E-state index >= 15 is 0 Å². The van der Waals surface area contributed by atoms with Crippen molar-refractivity contribution in [3.8, 4) is 5.88 Å². The fourth-order valence-electron chi connectivity index (χ4n) is 1.38. The van der Waals surface area contributed by atoms with Gasteiger partial charge >= 0.3 is 0 Å². The molecular weight excluding hydrogens is 216 g/mol. The molecule has 1 N–H and O–H groups in total. The first-order chi connectivity index (χ1) is 8.26. The molecule has 4 nitrogen and oxygen atoms in total. The van der Waals surface area contributed by atoms with Crippen molar-refractivity contribution in [3.05, 3.63) is 23.9 Å². The van der Waals surface area contributed by atoms with E-state index in [1.165, 1.54) is 0 Å². The number of ether oxygens (including phenoxy) is 2. The van der Waals surface area contributed by atoms with E-state index in [4.69, 9.17) is 9.47 Å². The summed E-state index contributed by atoms with van der Waals surface area (Å²) in [5, 5.41) is 3.25. The van der Waals surface area contributed by atoms with Crippen LogP contribution in [0.15, 0.2) is 18.3 Å². The van der Waals surface area contributed by atoms with Gasteiger partial charge in [0.2, 0.25) is 5.88 Å². The molecule has 0 radical (unpaired) electrons. The number of rotatable bonds is 8. The molecule has 1 aromatic rings. The molecule has 0 amide bonds. The van der Waals surface area contributed by atoms with Gasteiger partial charge in [-0.05, 0) is 26.0 Å². The molecule has 0 aliphatic heterocycles. The lowest BCUT2D eigenvalue weighted by molar-refractivity contribution is 0.0633. The summed E-state index contributed by atoms with van der Waals surface area (Å²) in [6.45, 7) is 9.15. The molecule has 0 aromatic carbocycles. The number of nitrogens with zero attached hydrogens (tertiary/aromatic N) is 1. The Balaban J connectivity index is 2.39. The van der Waals surface area contributed by atoms with Crippen LogP contribution in [0.25, 0.3) is 0 Å². The minimum atomic E-state index is 0.0297. The van der Waals surface area contributed by atoms with E-state index in [1.54, 1.807) is 0 Å². The number of nitrogens with one attached hydrogen (secondary N) is 1. The Kier molecular flexibility index (Phi) is 6.58. The van der Waals surface area contributed by atoms with E-state index in [2.05, 4.69) is 17.2 Å². The summed E-state index contributed by atoms with van der Waals surface area (Å²) in [7, 11) is 0. The zero-order valence-corrected chi connectivity index (χ0v) is 10.9. The van der Waals surface area contributed by atoms with Crippen LogP contribution >= 0.6 is 0 Å². The zero-order chi connectivity index (χ0) is 12.5. The van der Waals surface area contributed by atoms with Crippen LogP contribution in [0.2, 0.25) is 0 Å².